The van der Waals surface area contributed by atoms with Crippen molar-refractivity contribution in [2.75, 3.05) is 4.93 Å². The van der Waals surface area contributed by atoms with Crippen LogP contribution in [0, 0.1) is 0 Å². The van der Waals surface area contributed by atoms with Crippen LogP contribution in [0.2, 0.25) is 20.6 Å². The summed E-state index contributed by atoms with van der Waals surface area (Å²) in [5, 5.41) is 3.53. The average molecular weight is 684 g/mol. The average Bonchev–Trinajstić information content (AvgIpc) is 3.55. The Labute approximate surface area is 247 Å². The summed E-state index contributed by atoms with van der Waals surface area (Å²) in [5.74, 6) is 0. The van der Waals surface area contributed by atoms with Crippen LogP contribution in [0.3, 0.4) is 0 Å². The van der Waals surface area contributed by atoms with Crippen molar-refractivity contribution in [2.45, 2.75) is 0 Å². The van der Waals surface area contributed by atoms with Gasteiger partial charge in [-0.2, -0.15) is 0 Å². The van der Waals surface area contributed by atoms with Crippen LogP contribution >= 0.6 is 69.0 Å². The lowest BCUT2D eigenvalue weighted by atomic mass is 10.1. The van der Waals surface area contributed by atoms with E-state index in [1.807, 2.05) is 66.8 Å². The molecule has 0 radical (unpaired) electrons. The normalized spacial score (nSPS) is 10.6. The zero-order chi connectivity index (χ0) is 26.5. The van der Waals surface area contributed by atoms with Crippen molar-refractivity contribution in [3.63, 3.8) is 0 Å². The van der Waals surface area contributed by atoms with Crippen molar-refractivity contribution in [3.8, 4) is 22.5 Å². The van der Waals surface area contributed by atoms with Gasteiger partial charge in [0.05, 0.1) is 33.8 Å². The molecule has 0 aliphatic rings. The van der Waals surface area contributed by atoms with E-state index in [0.29, 0.717) is 21.4 Å². The van der Waals surface area contributed by atoms with E-state index in [1.54, 1.807) is 0 Å². The van der Waals surface area contributed by atoms with Crippen LogP contribution in [-0.2, 0) is 7.05 Å². The van der Waals surface area contributed by atoms with E-state index in [-0.39, 0.29) is 10.6 Å². The second kappa shape index (κ2) is 12.4. The molecular formula is C26H19Cl4IN6. The molecular weight excluding hydrogens is 665 g/mol. The summed E-state index contributed by atoms with van der Waals surface area (Å²) < 4.78 is 2.05. The van der Waals surface area contributed by atoms with Crippen molar-refractivity contribution in [2.24, 2.45) is 7.05 Å². The number of H-pyrrole nitrogens is 1. The van der Waals surface area contributed by atoms with Crippen molar-refractivity contribution in [3.05, 3.63) is 93.9 Å². The molecule has 0 aliphatic carbocycles. The molecule has 0 unspecified atom stereocenters. The fourth-order valence-corrected chi connectivity index (χ4v) is 4.52. The van der Waals surface area contributed by atoms with Crippen LogP contribution in [-0.4, -0.2) is 34.4 Å². The molecule has 11 heteroatoms. The Morgan fingerprint density at radius 3 is 1.92 bits per heavy atom. The molecule has 2 aromatic carbocycles. The summed E-state index contributed by atoms with van der Waals surface area (Å²) in [6, 6.07) is 15.9. The van der Waals surface area contributed by atoms with Crippen molar-refractivity contribution in [1.82, 2.24) is 29.5 Å². The SMILES string of the molecule is CI.Clc1ncc(Cl)c(-c2cccc3[nH]ccc23)n1.Cn1ccc2c(-c3nc(Cl)ncc3Cl)cccc21. The van der Waals surface area contributed by atoms with Crippen LogP contribution in [0.1, 0.15) is 0 Å². The van der Waals surface area contributed by atoms with Crippen molar-refractivity contribution < 1.29 is 0 Å². The van der Waals surface area contributed by atoms with Gasteiger partial charge in [-0.15, -0.1) is 0 Å². The topological polar surface area (TPSA) is 72.3 Å². The Morgan fingerprint density at radius 1 is 0.730 bits per heavy atom. The molecule has 4 heterocycles. The lowest BCUT2D eigenvalue weighted by Gasteiger charge is -2.06. The van der Waals surface area contributed by atoms with Gasteiger partial charge in [0.2, 0.25) is 10.6 Å². The van der Waals surface area contributed by atoms with Gasteiger partial charge >= 0.3 is 0 Å². The van der Waals surface area contributed by atoms with Crippen molar-refractivity contribution in [1.29, 1.82) is 0 Å². The minimum absolute atomic E-state index is 0.192. The molecule has 188 valence electrons. The number of nitrogens with one attached hydrogen (secondary N) is 1. The zero-order valence-corrected chi connectivity index (χ0v) is 24.7. The van der Waals surface area contributed by atoms with Gasteiger partial charge in [0, 0.05) is 52.4 Å². The third-order valence-corrected chi connectivity index (χ3v) is 6.38. The third kappa shape index (κ3) is 6.02. The van der Waals surface area contributed by atoms with E-state index in [9.17, 15) is 0 Å². The number of aryl methyl sites for hydroxylation is 1. The highest BCUT2D eigenvalue weighted by atomic mass is 127. The van der Waals surface area contributed by atoms with E-state index in [0.717, 1.165) is 32.9 Å². The number of nitrogens with zero attached hydrogens (tertiary/aromatic N) is 5. The number of aromatic nitrogens is 6. The number of rotatable bonds is 2. The van der Waals surface area contributed by atoms with E-state index < -0.39 is 0 Å². The van der Waals surface area contributed by atoms with Crippen molar-refractivity contribution >= 4 is 90.8 Å². The highest BCUT2D eigenvalue weighted by Crippen LogP contribution is 2.33. The highest BCUT2D eigenvalue weighted by molar-refractivity contribution is 14.1. The first-order valence-corrected chi connectivity index (χ1v) is 14.4. The standard InChI is InChI=1S/C13H9Cl2N3.C12H7Cl2N3.CH3I/c1-18-6-5-8-9(3-2-4-11(8)18)12-10(14)7-16-13(15)17-12;13-9-6-16-12(14)17-11(9)8-2-1-3-10-7(8)4-5-15-10;1-2/h2-7H,1H3;1-6,15H;1H3. The van der Waals surface area contributed by atoms with Gasteiger partial charge in [0.15, 0.2) is 0 Å². The predicted octanol–water partition coefficient (Wildman–Crippen LogP) is 8.92. The summed E-state index contributed by atoms with van der Waals surface area (Å²) in [5.41, 5.74) is 5.37. The Bertz CT molecular complexity index is 1680. The molecule has 0 bridgehead atoms. The van der Waals surface area contributed by atoms with E-state index in [2.05, 4.69) is 58.1 Å². The quantitative estimate of drug-likeness (QED) is 0.112. The maximum atomic E-state index is 6.15. The Kier molecular flexibility index (Phi) is 9.26. The number of hydrogen-bond acceptors (Lipinski definition) is 4. The summed E-state index contributed by atoms with van der Waals surface area (Å²) in [4.78, 5) is 21.2. The first kappa shape index (κ1) is 27.6. The smallest absolute Gasteiger partial charge is 0.222 e. The van der Waals surface area contributed by atoms with Gasteiger partial charge in [0.25, 0.3) is 0 Å². The van der Waals surface area contributed by atoms with Gasteiger partial charge in [-0.1, -0.05) is 70.1 Å². The minimum atomic E-state index is 0.192. The maximum absolute atomic E-state index is 6.15. The second-order valence-electron chi connectivity index (χ2n) is 7.58. The van der Waals surface area contributed by atoms with Gasteiger partial charge in [-0.05, 0) is 52.4 Å². The van der Waals surface area contributed by atoms with Gasteiger partial charge in [-0.25, -0.2) is 19.9 Å². The summed E-state index contributed by atoms with van der Waals surface area (Å²) in [6.45, 7) is 0. The van der Waals surface area contributed by atoms with E-state index >= 15 is 0 Å². The van der Waals surface area contributed by atoms with Gasteiger partial charge < -0.3 is 9.55 Å². The first-order valence-electron chi connectivity index (χ1n) is 10.8. The lowest BCUT2D eigenvalue weighted by molar-refractivity contribution is 0.969. The van der Waals surface area contributed by atoms with E-state index in [4.69, 9.17) is 46.4 Å². The van der Waals surface area contributed by atoms with Gasteiger partial charge in [0.1, 0.15) is 0 Å². The van der Waals surface area contributed by atoms with Crippen LogP contribution in [0.15, 0.2) is 73.3 Å². The number of alkyl halides is 1. The van der Waals surface area contributed by atoms with Gasteiger partial charge in [-0.3, -0.25) is 0 Å². The molecule has 6 nitrogen and oxygen atoms in total. The fraction of sp³-hybridized carbons (Fsp3) is 0.0769. The molecule has 6 rings (SSSR count). The molecule has 0 atom stereocenters. The van der Waals surface area contributed by atoms with Crippen LogP contribution in [0.4, 0.5) is 0 Å². The molecule has 0 saturated carbocycles. The summed E-state index contributed by atoms with van der Waals surface area (Å²) in [6.07, 6.45) is 6.92. The van der Waals surface area contributed by atoms with Crippen LogP contribution in [0.25, 0.3) is 44.3 Å². The largest absolute Gasteiger partial charge is 0.361 e. The molecule has 0 amide bonds. The van der Waals surface area contributed by atoms with Crippen LogP contribution in [0.5, 0.6) is 0 Å². The zero-order valence-electron chi connectivity index (χ0n) is 19.6. The molecule has 0 spiro atoms. The second-order valence-corrected chi connectivity index (χ2v) is 9.07. The number of aromatic amines is 1. The maximum Gasteiger partial charge on any atom is 0.222 e. The predicted molar refractivity (Wildman–Crippen MR) is 163 cm³/mol. The molecule has 37 heavy (non-hydrogen) atoms. The molecule has 4 aromatic heterocycles. The highest BCUT2D eigenvalue weighted by Gasteiger charge is 2.12. The summed E-state index contributed by atoms with van der Waals surface area (Å²) in [7, 11) is 2.00. The third-order valence-electron chi connectivity index (χ3n) is 5.46. The number of hydrogen-bond donors (Lipinski definition) is 1. The molecule has 0 aliphatic heterocycles. The molecule has 0 fully saturated rings. The molecule has 6 aromatic rings. The number of halogens is 5. The van der Waals surface area contributed by atoms with E-state index in [1.165, 1.54) is 12.4 Å². The first-order chi connectivity index (χ1) is 17.9. The summed E-state index contributed by atoms with van der Waals surface area (Å²) >= 11 is 26.0. The Morgan fingerprint density at radius 2 is 1.30 bits per heavy atom. The molecule has 1 N–H and O–H groups in total. The fourth-order valence-electron chi connectivity index (χ4n) is 3.87. The molecule has 0 saturated heterocycles. The number of benzene rings is 2. The van der Waals surface area contributed by atoms with Crippen LogP contribution < -0.4 is 0 Å². The minimum Gasteiger partial charge on any atom is -0.361 e. The Hall–Kier alpha value is -2.43. The number of fused-ring (bicyclic) bond motifs is 2. The monoisotopic (exact) mass is 682 g/mol. The lowest BCUT2D eigenvalue weighted by Crippen LogP contribution is -1.90. The Balaban J connectivity index is 0.000000162.